The Hall–Kier alpha value is -3.81. The van der Waals surface area contributed by atoms with Crippen LogP contribution in [0.1, 0.15) is 39.1 Å². The summed E-state index contributed by atoms with van der Waals surface area (Å²) in [6, 6.07) is 9.11. The number of nitrogens with zero attached hydrogens (tertiary/aromatic N) is 5. The molecule has 3 aromatic rings. The number of anilines is 2. The van der Waals surface area contributed by atoms with Crippen molar-refractivity contribution in [1.82, 2.24) is 19.9 Å². The zero-order valence-electron chi connectivity index (χ0n) is 17.2. The van der Waals surface area contributed by atoms with Crippen molar-refractivity contribution in [2.75, 3.05) is 30.4 Å². The Morgan fingerprint density at radius 1 is 1.13 bits per heavy atom. The van der Waals surface area contributed by atoms with E-state index in [2.05, 4.69) is 20.2 Å². The maximum absolute atomic E-state index is 13.2. The van der Waals surface area contributed by atoms with Gasteiger partial charge in [0.1, 0.15) is 0 Å². The molecule has 1 N–H and O–H groups in total. The van der Waals surface area contributed by atoms with Gasteiger partial charge in [0.05, 0.1) is 11.3 Å². The highest BCUT2D eigenvalue weighted by molar-refractivity contribution is 6.08. The van der Waals surface area contributed by atoms with Gasteiger partial charge in [0.2, 0.25) is 5.95 Å². The molecule has 0 saturated carbocycles. The number of aromatic nitrogens is 3. The van der Waals surface area contributed by atoms with Crippen LogP contribution in [0.2, 0.25) is 0 Å². The Kier molecular flexibility index (Phi) is 4.82. The first-order chi connectivity index (χ1) is 15.1. The second-order valence-corrected chi connectivity index (χ2v) is 7.86. The van der Waals surface area contributed by atoms with Crippen molar-refractivity contribution >= 4 is 23.5 Å². The van der Waals surface area contributed by atoms with Gasteiger partial charge >= 0.3 is 0 Å². The lowest BCUT2D eigenvalue weighted by Gasteiger charge is -2.17. The standard InChI is InChI=1S/C23H22N6O2/c1-28-14-16-6-7-17(11-18(16)22(28)31)26-21(30)19-13-25-23(29-9-2-3-10-29)27-20(19)15-5-4-8-24-12-15/h4-8,11-13H,2-3,9-10,14H2,1H3,(H,26,30). The number of carbonyl (C=O) groups excluding carboxylic acids is 2. The summed E-state index contributed by atoms with van der Waals surface area (Å²) in [6.07, 6.45) is 7.17. The van der Waals surface area contributed by atoms with Crippen molar-refractivity contribution in [2.24, 2.45) is 0 Å². The van der Waals surface area contributed by atoms with Crippen LogP contribution in [0.3, 0.4) is 0 Å². The summed E-state index contributed by atoms with van der Waals surface area (Å²) in [4.78, 5) is 42.6. The smallest absolute Gasteiger partial charge is 0.259 e. The highest BCUT2D eigenvalue weighted by Crippen LogP contribution is 2.27. The lowest BCUT2D eigenvalue weighted by Crippen LogP contribution is -2.22. The monoisotopic (exact) mass is 414 g/mol. The van der Waals surface area contributed by atoms with Crippen molar-refractivity contribution in [2.45, 2.75) is 19.4 Å². The van der Waals surface area contributed by atoms with Crippen molar-refractivity contribution in [3.63, 3.8) is 0 Å². The van der Waals surface area contributed by atoms with E-state index in [1.807, 2.05) is 24.3 Å². The fourth-order valence-corrected chi connectivity index (χ4v) is 4.05. The molecule has 0 radical (unpaired) electrons. The summed E-state index contributed by atoms with van der Waals surface area (Å²) < 4.78 is 0. The Morgan fingerprint density at radius 3 is 2.74 bits per heavy atom. The summed E-state index contributed by atoms with van der Waals surface area (Å²) in [5.41, 5.74) is 3.79. The lowest BCUT2D eigenvalue weighted by molar-refractivity contribution is 0.0816. The van der Waals surface area contributed by atoms with Gasteiger partial charge in [-0.15, -0.1) is 0 Å². The summed E-state index contributed by atoms with van der Waals surface area (Å²) in [5.74, 6) is 0.255. The third-order valence-corrected chi connectivity index (χ3v) is 5.70. The van der Waals surface area contributed by atoms with Crippen molar-refractivity contribution in [1.29, 1.82) is 0 Å². The number of nitrogens with one attached hydrogen (secondary N) is 1. The lowest BCUT2D eigenvalue weighted by atomic mass is 10.1. The van der Waals surface area contributed by atoms with Crippen LogP contribution >= 0.6 is 0 Å². The fourth-order valence-electron chi connectivity index (χ4n) is 4.05. The van der Waals surface area contributed by atoms with Gasteiger partial charge < -0.3 is 15.1 Å². The number of hydrogen-bond acceptors (Lipinski definition) is 6. The minimum absolute atomic E-state index is 0.0413. The molecule has 2 aromatic heterocycles. The molecule has 1 aromatic carbocycles. The quantitative estimate of drug-likeness (QED) is 0.706. The van der Waals surface area contributed by atoms with E-state index < -0.39 is 0 Å². The minimum Gasteiger partial charge on any atom is -0.341 e. The van der Waals surface area contributed by atoms with E-state index in [0.717, 1.165) is 37.1 Å². The number of amides is 2. The van der Waals surface area contributed by atoms with Gasteiger partial charge in [0.25, 0.3) is 11.8 Å². The predicted molar refractivity (Wildman–Crippen MR) is 117 cm³/mol. The van der Waals surface area contributed by atoms with E-state index in [-0.39, 0.29) is 11.8 Å². The molecule has 0 spiro atoms. The molecular formula is C23H22N6O2. The number of pyridine rings is 1. The van der Waals surface area contributed by atoms with Crippen LogP contribution in [-0.4, -0.2) is 51.8 Å². The van der Waals surface area contributed by atoms with Gasteiger partial charge in [-0.05, 0) is 42.7 Å². The topological polar surface area (TPSA) is 91.3 Å². The van der Waals surface area contributed by atoms with Crippen LogP contribution in [-0.2, 0) is 6.54 Å². The molecule has 4 heterocycles. The number of fused-ring (bicyclic) bond motifs is 1. The van der Waals surface area contributed by atoms with Crippen LogP contribution in [0, 0.1) is 0 Å². The first-order valence-corrected chi connectivity index (χ1v) is 10.3. The molecule has 8 heteroatoms. The summed E-state index contributed by atoms with van der Waals surface area (Å²) in [7, 11) is 1.76. The molecule has 2 aliphatic heterocycles. The number of benzene rings is 1. The second-order valence-electron chi connectivity index (χ2n) is 7.86. The van der Waals surface area contributed by atoms with Gasteiger partial charge in [-0.3, -0.25) is 14.6 Å². The van der Waals surface area contributed by atoms with E-state index in [1.54, 1.807) is 36.6 Å². The molecular weight excluding hydrogens is 392 g/mol. The Balaban J connectivity index is 1.48. The van der Waals surface area contributed by atoms with Crippen molar-refractivity contribution in [3.05, 3.63) is 65.6 Å². The molecule has 1 fully saturated rings. The Labute approximate surface area is 180 Å². The average Bonchev–Trinajstić information content (AvgIpc) is 3.43. The number of hydrogen-bond donors (Lipinski definition) is 1. The SMILES string of the molecule is CN1Cc2ccc(NC(=O)c3cnc(N4CCCC4)nc3-c3cccnc3)cc2C1=O. The van der Waals surface area contributed by atoms with Gasteiger partial charge in [0.15, 0.2) is 0 Å². The molecule has 2 amide bonds. The summed E-state index contributed by atoms with van der Waals surface area (Å²) in [5, 5.41) is 2.90. The maximum Gasteiger partial charge on any atom is 0.259 e. The normalized spacial score (nSPS) is 15.3. The zero-order chi connectivity index (χ0) is 21.4. The summed E-state index contributed by atoms with van der Waals surface area (Å²) in [6.45, 7) is 2.41. The van der Waals surface area contributed by atoms with Gasteiger partial charge in [-0.2, -0.15) is 0 Å². The zero-order valence-corrected chi connectivity index (χ0v) is 17.2. The molecule has 156 valence electrons. The molecule has 31 heavy (non-hydrogen) atoms. The Bertz CT molecular complexity index is 1160. The van der Waals surface area contributed by atoms with E-state index in [0.29, 0.717) is 35.0 Å². The van der Waals surface area contributed by atoms with Crippen molar-refractivity contribution in [3.8, 4) is 11.3 Å². The van der Waals surface area contributed by atoms with Crippen LogP contribution in [0.5, 0.6) is 0 Å². The van der Waals surface area contributed by atoms with Gasteiger partial charge in [-0.25, -0.2) is 9.97 Å². The van der Waals surface area contributed by atoms with E-state index in [4.69, 9.17) is 4.98 Å². The van der Waals surface area contributed by atoms with Gasteiger partial charge in [0, 0.05) is 62.1 Å². The Morgan fingerprint density at radius 2 is 1.97 bits per heavy atom. The highest BCUT2D eigenvalue weighted by Gasteiger charge is 2.25. The minimum atomic E-state index is -0.328. The van der Waals surface area contributed by atoms with Gasteiger partial charge in [-0.1, -0.05) is 6.07 Å². The second kappa shape index (κ2) is 7.79. The molecule has 2 aliphatic rings. The fraction of sp³-hybridized carbons (Fsp3) is 0.261. The highest BCUT2D eigenvalue weighted by atomic mass is 16.2. The van der Waals surface area contributed by atoms with E-state index in [9.17, 15) is 9.59 Å². The number of rotatable bonds is 4. The molecule has 0 bridgehead atoms. The molecule has 0 aliphatic carbocycles. The van der Waals surface area contributed by atoms with E-state index >= 15 is 0 Å². The predicted octanol–water partition coefficient (Wildman–Crippen LogP) is 2.98. The third kappa shape index (κ3) is 3.61. The third-order valence-electron chi connectivity index (χ3n) is 5.70. The molecule has 1 saturated heterocycles. The van der Waals surface area contributed by atoms with Crippen molar-refractivity contribution < 1.29 is 9.59 Å². The molecule has 0 unspecified atom stereocenters. The van der Waals surface area contributed by atoms with Crippen LogP contribution < -0.4 is 10.2 Å². The largest absolute Gasteiger partial charge is 0.341 e. The number of carbonyl (C=O) groups is 2. The van der Waals surface area contributed by atoms with Crippen LogP contribution in [0.15, 0.2) is 48.9 Å². The van der Waals surface area contributed by atoms with Crippen LogP contribution in [0.4, 0.5) is 11.6 Å². The molecule has 0 atom stereocenters. The maximum atomic E-state index is 13.2. The summed E-state index contributed by atoms with van der Waals surface area (Å²) >= 11 is 0. The molecule has 8 nitrogen and oxygen atoms in total. The van der Waals surface area contributed by atoms with Crippen LogP contribution in [0.25, 0.3) is 11.3 Å². The van der Waals surface area contributed by atoms with E-state index in [1.165, 1.54) is 0 Å². The average molecular weight is 414 g/mol. The first kappa shape index (κ1) is 19.2. The first-order valence-electron chi connectivity index (χ1n) is 10.3. The molecule has 5 rings (SSSR count).